The second-order valence-corrected chi connectivity index (χ2v) is 3.95. The van der Waals surface area contributed by atoms with Gasteiger partial charge in [-0.25, -0.2) is 8.78 Å². The quantitative estimate of drug-likeness (QED) is 0.927. The number of rotatable bonds is 3. The van der Waals surface area contributed by atoms with Gasteiger partial charge in [-0.1, -0.05) is 12.1 Å². The Morgan fingerprint density at radius 1 is 1.05 bits per heavy atom. The molecular formula is C14H14ClF2NO. The third-order valence-electron chi connectivity index (χ3n) is 2.67. The fourth-order valence-corrected chi connectivity index (χ4v) is 1.64. The molecule has 0 saturated carbocycles. The van der Waals surface area contributed by atoms with Crippen LogP contribution in [0, 0.1) is 18.6 Å². The van der Waals surface area contributed by atoms with Crippen molar-refractivity contribution in [1.29, 1.82) is 0 Å². The predicted octanol–water partition coefficient (Wildman–Crippen LogP) is 3.95. The van der Waals surface area contributed by atoms with Crippen molar-refractivity contribution in [2.45, 2.75) is 13.5 Å². The van der Waals surface area contributed by atoms with E-state index in [0.29, 0.717) is 5.56 Å². The van der Waals surface area contributed by atoms with Crippen molar-refractivity contribution in [3.63, 3.8) is 0 Å². The molecule has 0 aliphatic carbocycles. The number of hydrogen-bond donors (Lipinski definition) is 1. The maximum absolute atomic E-state index is 13.7. The molecule has 0 saturated heterocycles. The summed E-state index contributed by atoms with van der Waals surface area (Å²) in [5.41, 5.74) is 6.99. The molecule has 0 aliphatic rings. The van der Waals surface area contributed by atoms with Crippen LogP contribution in [0.25, 0.3) is 0 Å². The minimum absolute atomic E-state index is 0. The van der Waals surface area contributed by atoms with Crippen molar-refractivity contribution in [3.8, 4) is 11.5 Å². The van der Waals surface area contributed by atoms with Gasteiger partial charge in [0.05, 0.1) is 0 Å². The van der Waals surface area contributed by atoms with E-state index in [1.807, 2.05) is 0 Å². The zero-order valence-electron chi connectivity index (χ0n) is 10.3. The fraction of sp³-hybridized carbons (Fsp3) is 0.143. The maximum Gasteiger partial charge on any atom is 0.166 e. The van der Waals surface area contributed by atoms with Gasteiger partial charge in [-0.05, 0) is 42.3 Å². The standard InChI is InChI=1S/C14H13F2NO.ClH/c1-9-6-14(12(16)7-10(9)8-17)18-13-5-3-2-4-11(13)15;/h2-7H,8,17H2,1H3;1H. The van der Waals surface area contributed by atoms with Crippen LogP contribution in [0.3, 0.4) is 0 Å². The molecule has 5 heteroatoms. The van der Waals surface area contributed by atoms with Crippen molar-refractivity contribution in [2.24, 2.45) is 5.73 Å². The zero-order chi connectivity index (χ0) is 13.1. The average molecular weight is 286 g/mol. The highest BCUT2D eigenvalue weighted by Gasteiger charge is 2.10. The van der Waals surface area contributed by atoms with Crippen molar-refractivity contribution in [3.05, 3.63) is 59.2 Å². The SMILES string of the molecule is Cc1cc(Oc2ccccc2F)c(F)cc1CN.Cl. The van der Waals surface area contributed by atoms with Crippen LogP contribution >= 0.6 is 12.4 Å². The smallest absolute Gasteiger partial charge is 0.166 e. The van der Waals surface area contributed by atoms with Gasteiger partial charge in [0.1, 0.15) is 0 Å². The van der Waals surface area contributed by atoms with Gasteiger partial charge < -0.3 is 10.5 Å². The highest BCUT2D eigenvalue weighted by molar-refractivity contribution is 5.85. The molecule has 0 aromatic heterocycles. The number of aryl methyl sites for hydroxylation is 1. The third-order valence-corrected chi connectivity index (χ3v) is 2.67. The zero-order valence-corrected chi connectivity index (χ0v) is 11.1. The first-order valence-corrected chi connectivity index (χ1v) is 5.53. The molecule has 102 valence electrons. The van der Waals surface area contributed by atoms with E-state index in [4.69, 9.17) is 10.5 Å². The summed E-state index contributed by atoms with van der Waals surface area (Å²) >= 11 is 0. The van der Waals surface area contributed by atoms with Gasteiger partial charge in [0, 0.05) is 6.54 Å². The molecule has 2 aromatic carbocycles. The molecule has 0 fully saturated rings. The van der Waals surface area contributed by atoms with E-state index in [9.17, 15) is 8.78 Å². The van der Waals surface area contributed by atoms with Crippen LogP contribution in [-0.4, -0.2) is 0 Å². The van der Waals surface area contributed by atoms with Gasteiger partial charge in [-0.2, -0.15) is 0 Å². The Morgan fingerprint density at radius 3 is 2.37 bits per heavy atom. The van der Waals surface area contributed by atoms with Crippen molar-refractivity contribution < 1.29 is 13.5 Å². The van der Waals surface area contributed by atoms with E-state index in [1.165, 1.54) is 24.3 Å². The molecule has 2 N–H and O–H groups in total. The summed E-state index contributed by atoms with van der Waals surface area (Å²) in [6.07, 6.45) is 0. The van der Waals surface area contributed by atoms with E-state index < -0.39 is 11.6 Å². The number of ether oxygens (including phenoxy) is 1. The lowest BCUT2D eigenvalue weighted by Gasteiger charge is -2.10. The minimum Gasteiger partial charge on any atom is -0.451 e. The highest BCUT2D eigenvalue weighted by atomic mass is 35.5. The largest absolute Gasteiger partial charge is 0.451 e. The van der Waals surface area contributed by atoms with E-state index in [0.717, 1.165) is 5.56 Å². The van der Waals surface area contributed by atoms with Gasteiger partial charge in [0.25, 0.3) is 0 Å². The molecule has 2 nitrogen and oxygen atoms in total. The Balaban J connectivity index is 0.00000180. The Kier molecular flexibility index (Phi) is 5.27. The van der Waals surface area contributed by atoms with Crippen LogP contribution in [0.4, 0.5) is 8.78 Å². The van der Waals surface area contributed by atoms with Crippen molar-refractivity contribution in [1.82, 2.24) is 0 Å². The van der Waals surface area contributed by atoms with Crippen molar-refractivity contribution in [2.75, 3.05) is 0 Å². The molecule has 0 unspecified atom stereocenters. The number of hydrogen-bond acceptors (Lipinski definition) is 2. The lowest BCUT2D eigenvalue weighted by Crippen LogP contribution is -2.01. The lowest BCUT2D eigenvalue weighted by atomic mass is 10.1. The van der Waals surface area contributed by atoms with E-state index >= 15 is 0 Å². The number of benzene rings is 2. The first-order chi connectivity index (χ1) is 8.61. The Bertz CT molecular complexity index is 575. The molecule has 0 heterocycles. The maximum atomic E-state index is 13.7. The van der Waals surface area contributed by atoms with Crippen LogP contribution in [0.5, 0.6) is 11.5 Å². The third kappa shape index (κ3) is 3.43. The second kappa shape index (κ2) is 6.50. The molecule has 2 aromatic rings. The summed E-state index contributed by atoms with van der Waals surface area (Å²) < 4.78 is 32.3. The second-order valence-electron chi connectivity index (χ2n) is 3.95. The minimum atomic E-state index is -0.552. The van der Waals surface area contributed by atoms with Crippen molar-refractivity contribution >= 4 is 12.4 Å². The van der Waals surface area contributed by atoms with Gasteiger partial charge in [-0.15, -0.1) is 12.4 Å². The first kappa shape index (κ1) is 15.4. The molecule has 0 atom stereocenters. The average Bonchev–Trinajstić information content (AvgIpc) is 2.36. The van der Waals surface area contributed by atoms with E-state index in [2.05, 4.69) is 0 Å². The normalized spacial score (nSPS) is 9.89. The molecule has 0 bridgehead atoms. The summed E-state index contributed by atoms with van der Waals surface area (Å²) in [4.78, 5) is 0. The summed E-state index contributed by atoms with van der Waals surface area (Å²) in [5, 5.41) is 0. The Labute approximate surface area is 116 Å². The Hall–Kier alpha value is -1.65. The van der Waals surface area contributed by atoms with Crippen LogP contribution in [0.2, 0.25) is 0 Å². The molecule has 0 radical (unpaired) electrons. The summed E-state index contributed by atoms with van der Waals surface area (Å²) in [7, 11) is 0. The number of halogens is 3. The Morgan fingerprint density at radius 2 is 1.74 bits per heavy atom. The number of para-hydroxylation sites is 1. The van der Waals surface area contributed by atoms with Crippen LogP contribution < -0.4 is 10.5 Å². The van der Waals surface area contributed by atoms with E-state index in [-0.39, 0.29) is 30.5 Å². The summed E-state index contributed by atoms with van der Waals surface area (Å²) in [6, 6.07) is 8.70. The molecule has 2 rings (SSSR count). The monoisotopic (exact) mass is 285 g/mol. The summed E-state index contributed by atoms with van der Waals surface area (Å²) in [6.45, 7) is 2.05. The molecule has 19 heavy (non-hydrogen) atoms. The van der Waals surface area contributed by atoms with Crippen LogP contribution in [0.15, 0.2) is 36.4 Å². The molecule has 0 spiro atoms. The lowest BCUT2D eigenvalue weighted by molar-refractivity contribution is 0.414. The highest BCUT2D eigenvalue weighted by Crippen LogP contribution is 2.28. The van der Waals surface area contributed by atoms with Gasteiger partial charge >= 0.3 is 0 Å². The van der Waals surface area contributed by atoms with Gasteiger partial charge in [0.2, 0.25) is 0 Å². The van der Waals surface area contributed by atoms with Crippen LogP contribution in [-0.2, 0) is 6.54 Å². The molecular weight excluding hydrogens is 272 g/mol. The first-order valence-electron chi connectivity index (χ1n) is 5.53. The topological polar surface area (TPSA) is 35.2 Å². The predicted molar refractivity (Wildman–Crippen MR) is 72.8 cm³/mol. The fourth-order valence-electron chi connectivity index (χ4n) is 1.64. The summed E-state index contributed by atoms with van der Waals surface area (Å²) in [5.74, 6) is -1.09. The van der Waals surface area contributed by atoms with Gasteiger partial charge in [0.15, 0.2) is 23.1 Å². The van der Waals surface area contributed by atoms with Gasteiger partial charge in [-0.3, -0.25) is 0 Å². The molecule has 0 amide bonds. The molecule has 0 aliphatic heterocycles. The van der Waals surface area contributed by atoms with E-state index in [1.54, 1.807) is 19.1 Å². The number of nitrogens with two attached hydrogens (primary N) is 1. The van der Waals surface area contributed by atoms with Crippen LogP contribution in [0.1, 0.15) is 11.1 Å².